The number of hydrogen-bond donors (Lipinski definition) is 0. The molecular weight excluding hydrogens is 376 g/mol. The van der Waals surface area contributed by atoms with E-state index in [1.54, 1.807) is 16.7 Å². The summed E-state index contributed by atoms with van der Waals surface area (Å²) in [6, 6.07) is 7.85. The second-order valence-electron chi connectivity index (χ2n) is 6.77. The van der Waals surface area contributed by atoms with Gasteiger partial charge in [-0.15, -0.1) is 11.3 Å². The molecule has 0 radical (unpaired) electrons. The zero-order valence-corrected chi connectivity index (χ0v) is 17.4. The Labute approximate surface area is 169 Å². The standard InChI is InChI=1S/C20H26N4O3S/c1-4-27-20(26)23-11-9-22(10-12-23)13-17-14-28-19(21-17)24(16(3)25)18-7-5-15(2)6-8-18/h5-8,14H,4,9-13H2,1-3H3. The maximum Gasteiger partial charge on any atom is 0.409 e. The Morgan fingerprint density at radius 2 is 1.86 bits per heavy atom. The molecule has 2 aromatic rings. The fourth-order valence-electron chi connectivity index (χ4n) is 3.12. The highest BCUT2D eigenvalue weighted by Crippen LogP contribution is 2.29. The third-order valence-corrected chi connectivity index (χ3v) is 5.50. The number of rotatable bonds is 5. The number of aryl methyl sites for hydroxylation is 1. The van der Waals surface area contributed by atoms with Crippen LogP contribution in [0.15, 0.2) is 29.6 Å². The molecule has 1 fully saturated rings. The third-order valence-electron chi connectivity index (χ3n) is 4.62. The first-order chi connectivity index (χ1) is 13.5. The number of aromatic nitrogens is 1. The summed E-state index contributed by atoms with van der Waals surface area (Å²) in [6.45, 7) is 9.34. The molecule has 0 spiro atoms. The Bertz CT molecular complexity index is 813. The summed E-state index contributed by atoms with van der Waals surface area (Å²) in [7, 11) is 0. The molecule has 1 saturated heterocycles. The highest BCUT2D eigenvalue weighted by molar-refractivity contribution is 7.14. The van der Waals surface area contributed by atoms with Gasteiger partial charge in [-0.05, 0) is 26.0 Å². The van der Waals surface area contributed by atoms with Gasteiger partial charge in [0.2, 0.25) is 5.91 Å². The van der Waals surface area contributed by atoms with Gasteiger partial charge >= 0.3 is 6.09 Å². The highest BCUT2D eigenvalue weighted by atomic mass is 32.1. The molecule has 1 aliphatic heterocycles. The highest BCUT2D eigenvalue weighted by Gasteiger charge is 2.23. The van der Waals surface area contributed by atoms with Crippen LogP contribution in [0.4, 0.5) is 15.6 Å². The molecule has 0 N–H and O–H groups in total. The van der Waals surface area contributed by atoms with E-state index in [1.807, 2.05) is 43.5 Å². The second-order valence-corrected chi connectivity index (χ2v) is 7.61. The molecule has 0 unspecified atom stereocenters. The molecule has 2 amide bonds. The average Bonchev–Trinajstić information content (AvgIpc) is 3.12. The minimum atomic E-state index is -0.242. The van der Waals surface area contributed by atoms with Crippen molar-refractivity contribution in [1.82, 2.24) is 14.8 Å². The fraction of sp³-hybridized carbons (Fsp3) is 0.450. The summed E-state index contributed by atoms with van der Waals surface area (Å²) in [6.07, 6.45) is -0.242. The van der Waals surface area contributed by atoms with E-state index in [9.17, 15) is 9.59 Å². The maximum absolute atomic E-state index is 12.2. The average molecular weight is 403 g/mol. The largest absolute Gasteiger partial charge is 0.450 e. The van der Waals surface area contributed by atoms with E-state index in [4.69, 9.17) is 4.74 Å². The number of anilines is 2. The van der Waals surface area contributed by atoms with E-state index in [0.717, 1.165) is 30.0 Å². The van der Waals surface area contributed by atoms with Gasteiger partial charge in [-0.3, -0.25) is 14.6 Å². The van der Waals surface area contributed by atoms with Gasteiger partial charge in [0, 0.05) is 45.0 Å². The number of ether oxygens (including phenoxy) is 1. The lowest BCUT2D eigenvalue weighted by Gasteiger charge is -2.33. The van der Waals surface area contributed by atoms with Crippen molar-refractivity contribution in [3.8, 4) is 0 Å². The predicted octanol–water partition coefficient (Wildman–Crippen LogP) is 3.41. The molecule has 0 saturated carbocycles. The van der Waals surface area contributed by atoms with Gasteiger partial charge in [-0.25, -0.2) is 9.78 Å². The summed E-state index contributed by atoms with van der Waals surface area (Å²) >= 11 is 1.47. The van der Waals surface area contributed by atoms with E-state index in [1.165, 1.54) is 11.3 Å². The number of carbonyl (C=O) groups excluding carboxylic acids is 2. The molecule has 0 aliphatic carbocycles. The van der Waals surface area contributed by atoms with Crippen LogP contribution in [0, 0.1) is 6.92 Å². The van der Waals surface area contributed by atoms with E-state index < -0.39 is 0 Å². The molecule has 3 rings (SSSR count). The van der Waals surface area contributed by atoms with Crippen LogP contribution in [-0.2, 0) is 16.1 Å². The fourth-order valence-corrected chi connectivity index (χ4v) is 4.00. The van der Waals surface area contributed by atoms with Crippen LogP contribution >= 0.6 is 11.3 Å². The van der Waals surface area contributed by atoms with E-state index in [2.05, 4.69) is 9.88 Å². The normalized spacial score (nSPS) is 14.8. The van der Waals surface area contributed by atoms with E-state index in [-0.39, 0.29) is 12.0 Å². The van der Waals surface area contributed by atoms with Crippen LogP contribution < -0.4 is 4.90 Å². The number of thiazole rings is 1. The summed E-state index contributed by atoms with van der Waals surface area (Å²) < 4.78 is 5.06. The van der Waals surface area contributed by atoms with Gasteiger partial charge in [0.05, 0.1) is 18.0 Å². The van der Waals surface area contributed by atoms with Crippen molar-refractivity contribution in [3.63, 3.8) is 0 Å². The smallest absolute Gasteiger partial charge is 0.409 e. The lowest BCUT2D eigenvalue weighted by atomic mass is 10.2. The van der Waals surface area contributed by atoms with Crippen LogP contribution in [0.1, 0.15) is 25.1 Å². The Kier molecular flexibility index (Phi) is 6.64. The van der Waals surface area contributed by atoms with Crippen molar-refractivity contribution < 1.29 is 14.3 Å². The quantitative estimate of drug-likeness (QED) is 0.767. The Morgan fingerprint density at radius 3 is 2.46 bits per heavy atom. The van der Waals surface area contributed by atoms with Gasteiger partial charge in [0.25, 0.3) is 0 Å². The second kappa shape index (κ2) is 9.16. The van der Waals surface area contributed by atoms with Crippen LogP contribution in [0.2, 0.25) is 0 Å². The number of piperazine rings is 1. The minimum absolute atomic E-state index is 0.0622. The Hall–Kier alpha value is -2.45. The van der Waals surface area contributed by atoms with Crippen LogP contribution in [0.3, 0.4) is 0 Å². The Morgan fingerprint density at radius 1 is 1.18 bits per heavy atom. The van der Waals surface area contributed by atoms with Crippen molar-refractivity contribution in [1.29, 1.82) is 0 Å². The molecule has 7 nitrogen and oxygen atoms in total. The van der Waals surface area contributed by atoms with Crippen molar-refractivity contribution in [3.05, 3.63) is 40.9 Å². The molecule has 150 valence electrons. The first-order valence-corrected chi connectivity index (χ1v) is 10.3. The Balaban J connectivity index is 1.63. The summed E-state index contributed by atoms with van der Waals surface area (Å²) in [5.74, 6) is -0.0622. The van der Waals surface area contributed by atoms with Crippen molar-refractivity contribution in [2.75, 3.05) is 37.7 Å². The minimum Gasteiger partial charge on any atom is -0.450 e. The number of benzene rings is 1. The lowest BCUT2D eigenvalue weighted by molar-refractivity contribution is -0.115. The first-order valence-electron chi connectivity index (χ1n) is 9.43. The molecule has 0 atom stereocenters. The van der Waals surface area contributed by atoms with Gasteiger partial charge in [0.15, 0.2) is 5.13 Å². The summed E-state index contributed by atoms with van der Waals surface area (Å²) in [4.78, 5) is 34.3. The van der Waals surface area contributed by atoms with Crippen molar-refractivity contribution in [2.24, 2.45) is 0 Å². The number of carbonyl (C=O) groups is 2. The van der Waals surface area contributed by atoms with Crippen LogP contribution in [0.25, 0.3) is 0 Å². The van der Waals surface area contributed by atoms with Crippen molar-refractivity contribution in [2.45, 2.75) is 27.3 Å². The number of nitrogens with zero attached hydrogens (tertiary/aromatic N) is 4. The van der Waals surface area contributed by atoms with Crippen LogP contribution in [0.5, 0.6) is 0 Å². The van der Waals surface area contributed by atoms with E-state index in [0.29, 0.717) is 31.4 Å². The zero-order valence-electron chi connectivity index (χ0n) is 16.6. The molecule has 0 bridgehead atoms. The topological polar surface area (TPSA) is 66.0 Å². The summed E-state index contributed by atoms with van der Waals surface area (Å²) in [5, 5.41) is 2.67. The molecule has 8 heteroatoms. The van der Waals surface area contributed by atoms with Gasteiger partial charge in [0.1, 0.15) is 0 Å². The van der Waals surface area contributed by atoms with Gasteiger partial charge in [-0.1, -0.05) is 17.7 Å². The zero-order chi connectivity index (χ0) is 20.1. The lowest BCUT2D eigenvalue weighted by Crippen LogP contribution is -2.48. The molecular formula is C20H26N4O3S. The van der Waals surface area contributed by atoms with Crippen LogP contribution in [-0.4, -0.2) is 59.6 Å². The molecule has 28 heavy (non-hydrogen) atoms. The summed E-state index contributed by atoms with van der Waals surface area (Å²) in [5.41, 5.74) is 2.90. The predicted molar refractivity (Wildman–Crippen MR) is 110 cm³/mol. The van der Waals surface area contributed by atoms with Gasteiger partial charge in [-0.2, -0.15) is 0 Å². The van der Waals surface area contributed by atoms with Gasteiger partial charge < -0.3 is 9.64 Å². The molecule has 1 aliphatic rings. The molecule has 1 aromatic heterocycles. The monoisotopic (exact) mass is 402 g/mol. The maximum atomic E-state index is 12.2. The molecule has 1 aromatic carbocycles. The first kappa shape index (κ1) is 20.3. The number of hydrogen-bond acceptors (Lipinski definition) is 6. The third kappa shape index (κ3) is 4.88. The SMILES string of the molecule is CCOC(=O)N1CCN(Cc2csc(N(C(C)=O)c3ccc(C)cc3)n2)CC1. The number of amides is 2. The van der Waals surface area contributed by atoms with E-state index >= 15 is 0 Å². The molecule has 2 heterocycles. The van der Waals surface area contributed by atoms with Crippen molar-refractivity contribution >= 4 is 34.2 Å².